The summed E-state index contributed by atoms with van der Waals surface area (Å²) in [5, 5.41) is 2.79. The normalized spacial score (nSPS) is 18.5. The number of nitrogens with zero attached hydrogens (tertiary/aromatic N) is 2. The Kier molecular flexibility index (Phi) is 6.05. The predicted molar refractivity (Wildman–Crippen MR) is 121 cm³/mol. The van der Waals surface area contributed by atoms with Crippen LogP contribution in [0, 0.1) is 5.92 Å². The molecule has 1 unspecified atom stereocenters. The molecular formula is C23H25N4O4S+. The van der Waals surface area contributed by atoms with Gasteiger partial charge in [-0.25, -0.2) is 4.79 Å². The molecule has 9 heteroatoms. The second-order valence-electron chi connectivity index (χ2n) is 7.95. The zero-order valence-electron chi connectivity index (χ0n) is 17.9. The van der Waals surface area contributed by atoms with Crippen LogP contribution in [0.4, 0.5) is 0 Å². The Bertz CT molecular complexity index is 1220. The highest BCUT2D eigenvalue weighted by Crippen LogP contribution is 2.37. The van der Waals surface area contributed by atoms with E-state index in [1.165, 1.54) is 0 Å². The van der Waals surface area contributed by atoms with E-state index in [1.54, 1.807) is 54.6 Å². The quantitative estimate of drug-likeness (QED) is 0.459. The van der Waals surface area contributed by atoms with Gasteiger partial charge in [0.1, 0.15) is 5.57 Å². The number of carbonyl (C=O) groups excluding carboxylic acids is 2. The van der Waals surface area contributed by atoms with E-state index in [1.807, 2.05) is 25.1 Å². The minimum Gasteiger partial charge on any atom is -0.324 e. The van der Waals surface area contributed by atoms with Gasteiger partial charge in [0.15, 0.2) is 5.92 Å². The summed E-state index contributed by atoms with van der Waals surface area (Å²) in [6, 6.07) is 17.7. The van der Waals surface area contributed by atoms with Gasteiger partial charge in [0.05, 0.1) is 5.70 Å². The summed E-state index contributed by atoms with van der Waals surface area (Å²) in [5.74, 6) is -2.14. The van der Waals surface area contributed by atoms with Crippen LogP contribution in [0.1, 0.15) is 17.5 Å². The van der Waals surface area contributed by atoms with Crippen molar-refractivity contribution in [2.24, 2.45) is 5.92 Å². The molecule has 2 heterocycles. The Morgan fingerprint density at radius 1 is 0.969 bits per heavy atom. The minimum absolute atomic E-state index is 0.147. The highest BCUT2D eigenvalue weighted by Gasteiger charge is 2.59. The Morgan fingerprint density at radius 2 is 1.56 bits per heavy atom. The lowest BCUT2D eigenvalue weighted by Gasteiger charge is -2.09. The van der Waals surface area contributed by atoms with Crippen LogP contribution in [-0.4, -0.2) is 62.0 Å². The zero-order valence-corrected chi connectivity index (χ0v) is 18.7. The summed E-state index contributed by atoms with van der Waals surface area (Å²) in [5.41, 5.74) is 1.80. The molecule has 2 aromatic rings. The van der Waals surface area contributed by atoms with Gasteiger partial charge in [-0.2, -0.15) is 4.72 Å². The molecule has 0 bridgehead atoms. The highest BCUT2D eigenvalue weighted by atomic mass is 32.2. The molecule has 166 valence electrons. The SMILES string of the molecule is CN(C)CCCNS(=O)(=O)[N+]1=C(c2ccccc2)C2C(=O)NC(c3ccccc3)=C2C1=O. The van der Waals surface area contributed by atoms with Crippen molar-refractivity contribution in [1.29, 1.82) is 0 Å². The molecule has 2 aliphatic heterocycles. The second kappa shape index (κ2) is 8.78. The van der Waals surface area contributed by atoms with E-state index in [-0.39, 0.29) is 17.8 Å². The lowest BCUT2D eigenvalue weighted by molar-refractivity contribution is -0.297. The molecule has 2 N–H and O–H groups in total. The van der Waals surface area contributed by atoms with Crippen LogP contribution in [0.5, 0.6) is 0 Å². The van der Waals surface area contributed by atoms with Crippen LogP contribution >= 0.6 is 0 Å². The fourth-order valence-electron chi connectivity index (χ4n) is 3.99. The lowest BCUT2D eigenvalue weighted by Crippen LogP contribution is -2.41. The van der Waals surface area contributed by atoms with E-state index < -0.39 is 27.9 Å². The Labute approximate surface area is 187 Å². The maximum Gasteiger partial charge on any atom is 0.448 e. The molecule has 0 saturated carbocycles. The van der Waals surface area contributed by atoms with Crippen LogP contribution < -0.4 is 10.0 Å². The third-order valence-corrected chi connectivity index (χ3v) is 6.83. The molecule has 0 radical (unpaired) electrons. The van der Waals surface area contributed by atoms with Gasteiger partial charge in [-0.1, -0.05) is 48.5 Å². The first-order chi connectivity index (χ1) is 15.3. The smallest absolute Gasteiger partial charge is 0.324 e. The van der Waals surface area contributed by atoms with Crippen LogP contribution in [0.2, 0.25) is 0 Å². The van der Waals surface area contributed by atoms with Gasteiger partial charge < -0.3 is 10.2 Å². The molecule has 2 aliphatic rings. The summed E-state index contributed by atoms with van der Waals surface area (Å²) in [6.45, 7) is 0.869. The van der Waals surface area contributed by atoms with E-state index in [2.05, 4.69) is 10.0 Å². The summed E-state index contributed by atoms with van der Waals surface area (Å²) < 4.78 is 29.8. The lowest BCUT2D eigenvalue weighted by atomic mass is 9.92. The largest absolute Gasteiger partial charge is 0.448 e. The van der Waals surface area contributed by atoms with E-state index in [0.29, 0.717) is 29.8 Å². The number of fused-ring (bicyclic) bond motifs is 1. The van der Waals surface area contributed by atoms with Crippen LogP contribution in [0.25, 0.3) is 5.70 Å². The van der Waals surface area contributed by atoms with Crippen molar-refractivity contribution in [3.05, 3.63) is 77.4 Å². The molecule has 0 saturated heterocycles. The standard InChI is InChI=1S/C23H24N4O4S/c1-26(2)15-9-14-24-32(30,31)27-21(17-12-7-4-8-13-17)19-18(23(27)29)20(25-22(19)28)16-10-5-3-6-11-16/h3-8,10-13,19,24H,9,14-15H2,1-2H3/p+1. The van der Waals surface area contributed by atoms with Crippen molar-refractivity contribution in [2.45, 2.75) is 6.42 Å². The first-order valence-electron chi connectivity index (χ1n) is 10.3. The fraction of sp³-hybridized carbons (Fsp3) is 0.261. The van der Waals surface area contributed by atoms with E-state index in [4.69, 9.17) is 0 Å². The maximum absolute atomic E-state index is 13.5. The molecule has 0 spiro atoms. The van der Waals surface area contributed by atoms with Crippen molar-refractivity contribution in [2.75, 3.05) is 27.2 Å². The van der Waals surface area contributed by atoms with E-state index in [0.717, 1.165) is 3.98 Å². The molecule has 0 aromatic heterocycles. The minimum atomic E-state index is -4.21. The van der Waals surface area contributed by atoms with Gasteiger partial charge in [0, 0.05) is 12.1 Å². The zero-order chi connectivity index (χ0) is 22.9. The third-order valence-electron chi connectivity index (χ3n) is 5.41. The van der Waals surface area contributed by atoms with Gasteiger partial charge in [-0.3, -0.25) is 4.79 Å². The molecule has 0 fully saturated rings. The number of nitrogens with one attached hydrogen (secondary N) is 2. The van der Waals surface area contributed by atoms with Crippen molar-refractivity contribution in [3.8, 4) is 0 Å². The summed E-state index contributed by atoms with van der Waals surface area (Å²) in [7, 11) is -0.412. The van der Waals surface area contributed by atoms with Gasteiger partial charge in [-0.15, -0.1) is 8.42 Å². The molecule has 1 atom stereocenters. The number of carbonyl (C=O) groups is 2. The summed E-state index contributed by atoms with van der Waals surface area (Å²) in [6.07, 6.45) is 0.580. The number of hydrogen-bond acceptors (Lipinski definition) is 5. The second-order valence-corrected chi connectivity index (χ2v) is 9.56. The number of hydrogen-bond donors (Lipinski definition) is 2. The Morgan fingerprint density at radius 3 is 2.16 bits per heavy atom. The molecule has 8 nitrogen and oxygen atoms in total. The number of benzene rings is 2. The van der Waals surface area contributed by atoms with E-state index in [9.17, 15) is 18.0 Å². The first kappa shape index (κ1) is 22.1. The van der Waals surface area contributed by atoms with Crippen LogP contribution in [0.15, 0.2) is 66.2 Å². The molecule has 2 amide bonds. The molecular weight excluding hydrogens is 428 g/mol. The van der Waals surface area contributed by atoms with Gasteiger partial charge in [0.25, 0.3) is 0 Å². The average Bonchev–Trinajstić information content (AvgIpc) is 3.28. The first-order valence-corrected chi connectivity index (χ1v) is 11.8. The number of rotatable bonds is 8. The Balaban J connectivity index is 1.82. The number of amides is 2. The monoisotopic (exact) mass is 453 g/mol. The van der Waals surface area contributed by atoms with Gasteiger partial charge in [-0.05, 0) is 48.7 Å². The topological polar surface area (TPSA) is 98.6 Å². The van der Waals surface area contributed by atoms with Gasteiger partial charge in [0.2, 0.25) is 11.6 Å². The Hall–Kier alpha value is -3.14. The van der Waals surface area contributed by atoms with Crippen molar-refractivity contribution in [3.63, 3.8) is 0 Å². The summed E-state index contributed by atoms with van der Waals surface area (Å²) >= 11 is 0. The highest BCUT2D eigenvalue weighted by molar-refractivity contribution is 7.83. The fourth-order valence-corrected chi connectivity index (χ4v) is 5.31. The third kappa shape index (κ3) is 4.02. The summed E-state index contributed by atoms with van der Waals surface area (Å²) in [4.78, 5) is 28.5. The van der Waals surface area contributed by atoms with E-state index >= 15 is 0 Å². The molecule has 4 rings (SSSR count). The molecule has 0 aliphatic carbocycles. The van der Waals surface area contributed by atoms with Crippen molar-refractivity contribution in [1.82, 2.24) is 14.9 Å². The van der Waals surface area contributed by atoms with Crippen LogP contribution in [-0.2, 0) is 19.8 Å². The van der Waals surface area contributed by atoms with Crippen molar-refractivity contribution < 1.29 is 22.0 Å². The molecule has 32 heavy (non-hydrogen) atoms. The van der Waals surface area contributed by atoms with Gasteiger partial charge >= 0.3 is 16.1 Å². The van der Waals surface area contributed by atoms with Crippen molar-refractivity contribution >= 4 is 33.4 Å². The molecule has 2 aromatic carbocycles. The predicted octanol–water partition coefficient (Wildman–Crippen LogP) is 0.972. The average molecular weight is 454 g/mol. The maximum atomic E-state index is 13.5. The van der Waals surface area contributed by atoms with Crippen LogP contribution in [0.3, 0.4) is 0 Å².